The highest BCUT2D eigenvalue weighted by Gasteiger charge is 2.29. The molecule has 4 rings (SSSR count). The molecule has 1 aromatic carbocycles. The fraction of sp³-hybridized carbons (Fsp3) is 0.476. The van der Waals surface area contributed by atoms with Crippen molar-refractivity contribution in [2.75, 3.05) is 44.2 Å². The fourth-order valence-electron chi connectivity index (χ4n) is 4.00. The molecule has 2 aliphatic heterocycles. The van der Waals surface area contributed by atoms with E-state index in [0.29, 0.717) is 44.8 Å². The van der Waals surface area contributed by atoms with E-state index in [4.69, 9.17) is 0 Å². The molecule has 0 bridgehead atoms. The second kappa shape index (κ2) is 8.80. The van der Waals surface area contributed by atoms with Gasteiger partial charge in [-0.15, -0.1) is 0 Å². The minimum Gasteiger partial charge on any atom is -0.368 e. The third kappa shape index (κ3) is 4.64. The summed E-state index contributed by atoms with van der Waals surface area (Å²) in [6.07, 6.45) is 4.59. The van der Waals surface area contributed by atoms with E-state index >= 15 is 0 Å². The Bertz CT molecular complexity index is 1050. The third-order valence-electron chi connectivity index (χ3n) is 5.87. The largest absolute Gasteiger partial charge is 0.368 e. The quantitative estimate of drug-likeness (QED) is 0.621. The van der Waals surface area contributed by atoms with E-state index in [1.165, 1.54) is 21.4 Å². The number of benzene rings is 1. The Kier molecular flexibility index (Phi) is 6.10. The summed E-state index contributed by atoms with van der Waals surface area (Å²) in [5.74, 6) is -0.0213. The molecule has 2 aromatic rings. The lowest BCUT2D eigenvalue weighted by Crippen LogP contribution is -2.49. The van der Waals surface area contributed by atoms with Crippen molar-refractivity contribution in [3.05, 3.63) is 42.4 Å². The first kappa shape index (κ1) is 21.5. The van der Waals surface area contributed by atoms with Gasteiger partial charge in [-0.25, -0.2) is 13.4 Å². The zero-order valence-electron chi connectivity index (χ0n) is 17.6. The monoisotopic (exact) mass is 445 g/mol. The molecule has 0 atom stereocenters. The number of Topliss-reactive ketones (excluding diaryl/α,β-unsaturated/α-hetero) is 1. The Morgan fingerprint density at radius 3 is 2.23 bits per heavy atom. The van der Waals surface area contributed by atoms with Crippen LogP contribution in [0.15, 0.2) is 41.8 Å². The predicted octanol–water partition coefficient (Wildman–Crippen LogP) is 1.22. The fourth-order valence-corrected chi connectivity index (χ4v) is 5.45. The maximum atomic E-state index is 12.7. The summed E-state index contributed by atoms with van der Waals surface area (Å²) in [6.45, 7) is 5.22. The van der Waals surface area contributed by atoms with Crippen LogP contribution < -0.4 is 4.90 Å². The number of amides is 1. The number of anilines is 1. The van der Waals surface area contributed by atoms with E-state index in [2.05, 4.69) is 9.88 Å². The summed E-state index contributed by atoms with van der Waals surface area (Å²) in [7, 11) is -3.58. The number of sulfonamides is 1. The number of carbonyl (C=O) groups excluding carboxylic acids is 2. The Hall–Kier alpha value is -2.72. The minimum atomic E-state index is -3.58. The molecule has 3 heterocycles. The second-order valence-electron chi connectivity index (χ2n) is 7.97. The molecule has 0 N–H and O–H groups in total. The summed E-state index contributed by atoms with van der Waals surface area (Å²) in [4.78, 5) is 32.1. The van der Waals surface area contributed by atoms with E-state index in [-0.39, 0.29) is 23.3 Å². The molecule has 0 radical (unpaired) electrons. The smallest absolute Gasteiger partial charge is 0.262 e. The highest BCUT2D eigenvalue weighted by Crippen LogP contribution is 2.20. The Morgan fingerprint density at radius 2 is 1.61 bits per heavy atom. The number of hydrogen-bond acceptors (Lipinski definition) is 6. The van der Waals surface area contributed by atoms with Gasteiger partial charge in [0.1, 0.15) is 6.54 Å². The van der Waals surface area contributed by atoms with Crippen LogP contribution in [0.5, 0.6) is 0 Å². The van der Waals surface area contributed by atoms with Crippen molar-refractivity contribution in [2.24, 2.45) is 0 Å². The molecule has 2 aliphatic rings. The summed E-state index contributed by atoms with van der Waals surface area (Å²) in [6, 6.07) is 7.51. The molecule has 2 saturated heterocycles. The SMILES string of the molecule is CC(=O)c1ccc(N2CCN(C(=O)Cn3cnc(S(=O)(=O)N4CCCC4)c3)CC2)cc1. The van der Waals surface area contributed by atoms with E-state index < -0.39 is 10.0 Å². The van der Waals surface area contributed by atoms with Crippen LogP contribution in [0.2, 0.25) is 0 Å². The molecule has 0 saturated carbocycles. The van der Waals surface area contributed by atoms with Gasteiger partial charge in [0, 0.05) is 56.7 Å². The van der Waals surface area contributed by atoms with Crippen LogP contribution in [0.3, 0.4) is 0 Å². The van der Waals surface area contributed by atoms with E-state index in [9.17, 15) is 18.0 Å². The molecule has 2 fully saturated rings. The number of nitrogens with zero attached hydrogens (tertiary/aromatic N) is 5. The molecule has 1 aromatic heterocycles. The van der Waals surface area contributed by atoms with E-state index in [0.717, 1.165) is 18.5 Å². The van der Waals surface area contributed by atoms with Crippen LogP contribution in [0.1, 0.15) is 30.1 Å². The van der Waals surface area contributed by atoms with Crippen molar-refractivity contribution in [3.8, 4) is 0 Å². The molecule has 31 heavy (non-hydrogen) atoms. The van der Waals surface area contributed by atoms with Crippen LogP contribution in [0, 0.1) is 0 Å². The lowest BCUT2D eigenvalue weighted by atomic mass is 10.1. The molecule has 0 unspecified atom stereocenters. The van der Waals surface area contributed by atoms with Crippen molar-refractivity contribution >= 4 is 27.4 Å². The van der Waals surface area contributed by atoms with E-state index in [1.807, 2.05) is 24.3 Å². The van der Waals surface area contributed by atoms with Crippen molar-refractivity contribution in [3.63, 3.8) is 0 Å². The highest BCUT2D eigenvalue weighted by atomic mass is 32.2. The lowest BCUT2D eigenvalue weighted by Gasteiger charge is -2.36. The Morgan fingerprint density at radius 1 is 0.968 bits per heavy atom. The average molecular weight is 446 g/mol. The summed E-state index contributed by atoms with van der Waals surface area (Å²) >= 11 is 0. The molecular formula is C21H27N5O4S. The normalized spacial score (nSPS) is 17.8. The number of rotatable bonds is 6. The summed E-state index contributed by atoms with van der Waals surface area (Å²) in [5.41, 5.74) is 1.72. The topological polar surface area (TPSA) is 95.8 Å². The number of ketones is 1. The molecule has 0 spiro atoms. The highest BCUT2D eigenvalue weighted by molar-refractivity contribution is 7.89. The van der Waals surface area contributed by atoms with E-state index in [1.54, 1.807) is 11.8 Å². The molecule has 9 nitrogen and oxygen atoms in total. The van der Waals surface area contributed by atoms with Crippen molar-refractivity contribution in [2.45, 2.75) is 31.3 Å². The number of carbonyl (C=O) groups is 2. The molecular weight excluding hydrogens is 418 g/mol. The predicted molar refractivity (Wildman–Crippen MR) is 115 cm³/mol. The van der Waals surface area contributed by atoms with Crippen LogP contribution in [-0.2, 0) is 21.4 Å². The van der Waals surface area contributed by atoms with Gasteiger partial charge in [0.25, 0.3) is 10.0 Å². The van der Waals surface area contributed by atoms with Gasteiger partial charge in [-0.3, -0.25) is 9.59 Å². The van der Waals surface area contributed by atoms with Gasteiger partial charge in [0.15, 0.2) is 10.8 Å². The maximum Gasteiger partial charge on any atom is 0.262 e. The van der Waals surface area contributed by atoms with Gasteiger partial charge in [0.05, 0.1) is 6.33 Å². The number of piperazine rings is 1. The average Bonchev–Trinajstić information content (AvgIpc) is 3.47. The second-order valence-corrected chi connectivity index (χ2v) is 9.85. The van der Waals surface area contributed by atoms with Crippen molar-refractivity contribution in [1.82, 2.24) is 18.8 Å². The van der Waals surface area contributed by atoms with Gasteiger partial charge in [-0.05, 0) is 44.0 Å². The molecule has 10 heteroatoms. The Labute approximate surface area is 182 Å². The number of aromatic nitrogens is 2. The first-order valence-electron chi connectivity index (χ1n) is 10.5. The summed E-state index contributed by atoms with van der Waals surface area (Å²) in [5, 5.41) is 0.000951. The number of hydrogen-bond donors (Lipinski definition) is 0. The molecule has 166 valence electrons. The van der Waals surface area contributed by atoms with Crippen LogP contribution in [0.4, 0.5) is 5.69 Å². The summed E-state index contributed by atoms with van der Waals surface area (Å²) < 4.78 is 28.2. The third-order valence-corrected chi connectivity index (χ3v) is 7.65. The van der Waals surface area contributed by atoms with Gasteiger partial charge < -0.3 is 14.4 Å². The van der Waals surface area contributed by atoms with Gasteiger partial charge >= 0.3 is 0 Å². The van der Waals surface area contributed by atoms with Crippen molar-refractivity contribution in [1.29, 1.82) is 0 Å². The van der Waals surface area contributed by atoms with Crippen LogP contribution >= 0.6 is 0 Å². The van der Waals surface area contributed by atoms with Crippen LogP contribution in [-0.4, -0.2) is 78.1 Å². The molecule has 0 aliphatic carbocycles. The number of imidazole rings is 1. The Balaban J connectivity index is 1.32. The van der Waals surface area contributed by atoms with Crippen molar-refractivity contribution < 1.29 is 18.0 Å². The first-order chi connectivity index (χ1) is 14.8. The minimum absolute atomic E-state index is 0.000951. The van der Waals surface area contributed by atoms with Gasteiger partial charge in [-0.1, -0.05) is 0 Å². The zero-order valence-corrected chi connectivity index (χ0v) is 18.4. The standard InChI is InChI=1S/C21H27N5O4S/c1-17(27)18-4-6-19(7-5-18)24-10-12-25(13-11-24)21(28)15-23-14-20(22-16-23)31(29,30)26-8-2-3-9-26/h4-7,14,16H,2-3,8-13,15H2,1H3. The van der Waals surface area contributed by atoms with Crippen LogP contribution in [0.25, 0.3) is 0 Å². The lowest BCUT2D eigenvalue weighted by molar-refractivity contribution is -0.132. The molecule has 1 amide bonds. The first-order valence-corrected chi connectivity index (χ1v) is 11.9. The maximum absolute atomic E-state index is 12.7. The van der Waals surface area contributed by atoms with Gasteiger partial charge in [-0.2, -0.15) is 4.31 Å². The zero-order chi connectivity index (χ0) is 22.0. The van der Waals surface area contributed by atoms with Gasteiger partial charge in [0.2, 0.25) is 5.91 Å².